The van der Waals surface area contributed by atoms with Gasteiger partial charge in [0.1, 0.15) is 6.04 Å². The Bertz CT molecular complexity index is 1020. The van der Waals surface area contributed by atoms with Crippen LogP contribution in [0.5, 0.6) is 0 Å². The molecule has 4 heterocycles. The predicted molar refractivity (Wildman–Crippen MR) is 105 cm³/mol. The topological polar surface area (TPSA) is 86.3 Å². The number of hydrogen-bond donors (Lipinski definition) is 0. The van der Waals surface area contributed by atoms with Gasteiger partial charge in [-0.1, -0.05) is 18.2 Å². The van der Waals surface area contributed by atoms with E-state index in [1.165, 1.54) is 0 Å². The smallest absolute Gasteiger partial charge is 0.279 e. The largest absolute Gasteiger partial charge is 0.423 e. The molecule has 1 saturated heterocycles. The van der Waals surface area contributed by atoms with Gasteiger partial charge in [0.25, 0.3) is 5.91 Å². The summed E-state index contributed by atoms with van der Waals surface area (Å²) >= 11 is 0. The summed E-state index contributed by atoms with van der Waals surface area (Å²) in [6.45, 7) is 4.13. The van der Waals surface area contributed by atoms with Crippen LogP contribution in [0.2, 0.25) is 0 Å². The minimum atomic E-state index is -0.326. The quantitative estimate of drug-likeness (QED) is 0.677. The van der Waals surface area contributed by atoms with Crippen molar-refractivity contribution in [1.82, 2.24) is 20.0 Å². The number of carbonyl (C=O) groups is 1. The molecule has 1 aromatic carbocycles. The van der Waals surface area contributed by atoms with Crippen LogP contribution in [0.25, 0.3) is 0 Å². The third-order valence-electron chi connectivity index (χ3n) is 5.69. The molecule has 8 nitrogen and oxygen atoms in total. The second-order valence-corrected chi connectivity index (χ2v) is 7.45. The van der Waals surface area contributed by atoms with Crippen LogP contribution >= 0.6 is 0 Å². The van der Waals surface area contributed by atoms with Gasteiger partial charge in [-0.05, 0) is 37.5 Å². The van der Waals surface area contributed by atoms with Gasteiger partial charge in [-0.15, -0.1) is 10.2 Å². The zero-order valence-corrected chi connectivity index (χ0v) is 16.3. The first-order valence-corrected chi connectivity index (χ1v) is 10.1. The average Bonchev–Trinajstić information content (AvgIpc) is 3.51. The molecule has 1 fully saturated rings. The number of anilines is 1. The van der Waals surface area contributed by atoms with Crippen molar-refractivity contribution in [3.8, 4) is 0 Å². The molecule has 0 bridgehead atoms. The lowest BCUT2D eigenvalue weighted by Gasteiger charge is -2.22. The zero-order chi connectivity index (χ0) is 19.8. The fourth-order valence-electron chi connectivity index (χ4n) is 4.10. The average molecular weight is 393 g/mol. The van der Waals surface area contributed by atoms with Gasteiger partial charge >= 0.3 is 0 Å². The van der Waals surface area contributed by atoms with Gasteiger partial charge < -0.3 is 9.15 Å². The predicted octanol–water partition coefficient (Wildman–Crippen LogP) is 3.12. The van der Waals surface area contributed by atoms with E-state index in [-0.39, 0.29) is 17.9 Å². The van der Waals surface area contributed by atoms with E-state index in [2.05, 4.69) is 15.3 Å². The van der Waals surface area contributed by atoms with Crippen molar-refractivity contribution in [3.63, 3.8) is 0 Å². The maximum absolute atomic E-state index is 13.4. The summed E-state index contributed by atoms with van der Waals surface area (Å²) in [5.41, 5.74) is 2.38. The third-order valence-corrected chi connectivity index (χ3v) is 5.69. The molecule has 0 aliphatic carbocycles. The minimum absolute atomic E-state index is 0.155. The van der Waals surface area contributed by atoms with Crippen LogP contribution in [-0.2, 0) is 17.7 Å². The van der Waals surface area contributed by atoms with Gasteiger partial charge in [0.15, 0.2) is 5.69 Å². The number of nitrogens with zero attached hydrogens (tertiary/aromatic N) is 5. The molecule has 1 amide bonds. The summed E-state index contributed by atoms with van der Waals surface area (Å²) in [5.74, 6) is 1.18. The van der Waals surface area contributed by atoms with E-state index in [0.717, 1.165) is 24.1 Å². The van der Waals surface area contributed by atoms with E-state index < -0.39 is 0 Å². The Morgan fingerprint density at radius 1 is 1.14 bits per heavy atom. The van der Waals surface area contributed by atoms with Crippen molar-refractivity contribution in [3.05, 3.63) is 59.6 Å². The summed E-state index contributed by atoms with van der Waals surface area (Å²) < 4.78 is 13.3. The van der Waals surface area contributed by atoms with Gasteiger partial charge in [-0.2, -0.15) is 5.10 Å². The van der Waals surface area contributed by atoms with Gasteiger partial charge in [0, 0.05) is 44.0 Å². The second kappa shape index (κ2) is 7.44. The maximum atomic E-state index is 13.4. The minimum Gasteiger partial charge on any atom is -0.423 e. The Morgan fingerprint density at radius 2 is 1.93 bits per heavy atom. The van der Waals surface area contributed by atoms with Gasteiger partial charge in [0.05, 0.1) is 0 Å². The van der Waals surface area contributed by atoms with Crippen molar-refractivity contribution in [2.75, 3.05) is 18.1 Å². The number of rotatable bonds is 4. The molecule has 150 valence electrons. The van der Waals surface area contributed by atoms with Crippen LogP contribution < -0.4 is 4.90 Å². The van der Waals surface area contributed by atoms with Crippen molar-refractivity contribution >= 4 is 11.6 Å². The Morgan fingerprint density at radius 3 is 2.72 bits per heavy atom. The standard InChI is InChI=1S/C21H23N5O3/c1-2-25-10-7-16(24-25)21(27)26-17-6-4-3-5-15(17)13-18(26)20-23-22-19(29-20)14-8-11-28-12-9-14/h3-7,10,14,18H,2,8-9,11-13H2,1H3. The lowest BCUT2D eigenvalue weighted by molar-refractivity contribution is 0.0790. The number of hydrogen-bond acceptors (Lipinski definition) is 6. The molecule has 1 atom stereocenters. The highest BCUT2D eigenvalue weighted by molar-refractivity contribution is 6.06. The first kappa shape index (κ1) is 18.1. The molecule has 8 heteroatoms. The van der Waals surface area contributed by atoms with Gasteiger partial charge in [-0.25, -0.2) is 0 Å². The van der Waals surface area contributed by atoms with Crippen LogP contribution in [0.4, 0.5) is 5.69 Å². The molecule has 0 N–H and O–H groups in total. The lowest BCUT2D eigenvalue weighted by atomic mass is 10.0. The summed E-state index contributed by atoms with van der Waals surface area (Å²) in [6.07, 6.45) is 4.22. The molecule has 29 heavy (non-hydrogen) atoms. The normalized spacial score (nSPS) is 19.5. The molecule has 2 aromatic heterocycles. The van der Waals surface area contributed by atoms with E-state index in [1.54, 1.807) is 15.6 Å². The highest BCUT2D eigenvalue weighted by atomic mass is 16.5. The van der Waals surface area contributed by atoms with Crippen molar-refractivity contribution in [1.29, 1.82) is 0 Å². The van der Waals surface area contributed by atoms with Gasteiger partial charge in [0.2, 0.25) is 11.8 Å². The van der Waals surface area contributed by atoms with Crippen molar-refractivity contribution < 1.29 is 13.9 Å². The third kappa shape index (κ3) is 3.23. The van der Waals surface area contributed by atoms with E-state index >= 15 is 0 Å². The highest BCUT2D eigenvalue weighted by Crippen LogP contribution is 2.41. The molecule has 0 radical (unpaired) electrons. The van der Waals surface area contributed by atoms with E-state index in [4.69, 9.17) is 9.15 Å². The SMILES string of the molecule is CCn1ccc(C(=O)N2c3ccccc3CC2c2nnc(C3CCOCC3)o2)n1. The summed E-state index contributed by atoms with van der Waals surface area (Å²) in [7, 11) is 0. The number of fused-ring (bicyclic) bond motifs is 1. The molecule has 1 unspecified atom stereocenters. The first-order valence-electron chi connectivity index (χ1n) is 10.1. The molecule has 0 saturated carbocycles. The fraction of sp³-hybridized carbons (Fsp3) is 0.429. The molecular weight excluding hydrogens is 370 g/mol. The van der Waals surface area contributed by atoms with Crippen LogP contribution in [0.1, 0.15) is 59.6 Å². The molecule has 0 spiro atoms. The number of ether oxygens (including phenoxy) is 1. The first-order chi connectivity index (χ1) is 14.2. The van der Waals surface area contributed by atoms with Crippen LogP contribution in [0, 0.1) is 0 Å². The van der Waals surface area contributed by atoms with Crippen LogP contribution in [0.3, 0.4) is 0 Å². The Balaban J connectivity index is 1.48. The summed E-state index contributed by atoms with van der Waals surface area (Å²) in [4.78, 5) is 15.1. The molecule has 2 aliphatic rings. The number of carbonyl (C=O) groups excluding carboxylic acids is 1. The van der Waals surface area contributed by atoms with Crippen molar-refractivity contribution in [2.45, 2.75) is 44.7 Å². The maximum Gasteiger partial charge on any atom is 0.279 e. The summed E-state index contributed by atoms with van der Waals surface area (Å²) in [6, 6.07) is 9.35. The van der Waals surface area contributed by atoms with Crippen molar-refractivity contribution in [2.24, 2.45) is 0 Å². The van der Waals surface area contributed by atoms with Crippen LogP contribution in [0.15, 0.2) is 40.9 Å². The highest BCUT2D eigenvalue weighted by Gasteiger charge is 2.39. The Kier molecular flexibility index (Phi) is 4.63. The number of benzene rings is 1. The van der Waals surface area contributed by atoms with Crippen LogP contribution in [-0.4, -0.2) is 39.1 Å². The number of aromatic nitrogens is 4. The molecule has 5 rings (SSSR count). The van der Waals surface area contributed by atoms with E-state index in [9.17, 15) is 4.79 Å². The fourth-order valence-corrected chi connectivity index (χ4v) is 4.10. The number of amides is 1. The van der Waals surface area contributed by atoms with E-state index in [1.807, 2.05) is 37.4 Å². The molecular formula is C21H23N5O3. The second-order valence-electron chi connectivity index (χ2n) is 7.45. The number of para-hydroxylation sites is 1. The monoisotopic (exact) mass is 393 g/mol. The van der Waals surface area contributed by atoms with E-state index in [0.29, 0.717) is 43.7 Å². The molecule has 3 aromatic rings. The lowest BCUT2D eigenvalue weighted by Crippen LogP contribution is -2.32. The Hall–Kier alpha value is -3.00. The number of aryl methyl sites for hydroxylation is 1. The zero-order valence-electron chi connectivity index (χ0n) is 16.3. The molecule has 2 aliphatic heterocycles. The Labute approximate surface area is 168 Å². The summed E-state index contributed by atoms with van der Waals surface area (Å²) in [5, 5.41) is 13.0. The van der Waals surface area contributed by atoms with Gasteiger partial charge in [-0.3, -0.25) is 14.4 Å².